The van der Waals surface area contributed by atoms with Crippen molar-refractivity contribution in [3.05, 3.63) is 18.2 Å². The summed E-state index contributed by atoms with van der Waals surface area (Å²) in [5, 5.41) is 0. The van der Waals surface area contributed by atoms with Crippen LogP contribution in [0.2, 0.25) is 0 Å². The summed E-state index contributed by atoms with van der Waals surface area (Å²) in [6.07, 6.45) is 7.88. The fourth-order valence-corrected chi connectivity index (χ4v) is 1.46. The first-order valence-corrected chi connectivity index (χ1v) is 5.52. The highest BCUT2D eigenvalue weighted by Crippen LogP contribution is 1.96. The molecular formula is C11H21N2O+. The van der Waals surface area contributed by atoms with Gasteiger partial charge in [0.25, 0.3) is 5.82 Å². The van der Waals surface area contributed by atoms with E-state index in [0.29, 0.717) is 6.61 Å². The molecule has 0 fully saturated rings. The second kappa shape index (κ2) is 6.60. The van der Waals surface area contributed by atoms with Crippen molar-refractivity contribution in [2.24, 2.45) is 0 Å². The van der Waals surface area contributed by atoms with Crippen molar-refractivity contribution in [1.82, 2.24) is 4.98 Å². The Morgan fingerprint density at radius 1 is 1.36 bits per heavy atom. The first-order chi connectivity index (χ1) is 6.88. The maximum Gasteiger partial charge on any atom is 0.280 e. The van der Waals surface area contributed by atoms with Gasteiger partial charge in [0.1, 0.15) is 19.0 Å². The van der Waals surface area contributed by atoms with E-state index in [0.717, 1.165) is 13.2 Å². The number of aromatic amines is 1. The number of unbranched alkanes of at least 4 members (excludes halogenated alkanes) is 2. The monoisotopic (exact) mass is 197 g/mol. The Kier molecular flexibility index (Phi) is 5.30. The minimum Gasteiger partial charge on any atom is -0.369 e. The molecule has 3 heteroatoms. The highest BCUT2D eigenvalue weighted by atomic mass is 16.5. The summed E-state index contributed by atoms with van der Waals surface area (Å²) >= 11 is 0. The predicted molar refractivity (Wildman–Crippen MR) is 55.8 cm³/mol. The zero-order valence-corrected chi connectivity index (χ0v) is 9.25. The lowest BCUT2D eigenvalue weighted by atomic mass is 10.2. The zero-order chi connectivity index (χ0) is 10.2. The zero-order valence-electron chi connectivity index (χ0n) is 9.25. The molecule has 1 N–H and O–H groups in total. The van der Waals surface area contributed by atoms with Gasteiger partial charge in [0.15, 0.2) is 0 Å². The molecule has 0 amide bonds. The van der Waals surface area contributed by atoms with Crippen molar-refractivity contribution >= 4 is 0 Å². The van der Waals surface area contributed by atoms with Gasteiger partial charge in [-0.05, 0) is 19.8 Å². The summed E-state index contributed by atoms with van der Waals surface area (Å²) in [5.74, 6) is 1.17. The van der Waals surface area contributed by atoms with Gasteiger partial charge in [-0.25, -0.2) is 9.55 Å². The van der Waals surface area contributed by atoms with Crippen LogP contribution in [0, 0.1) is 0 Å². The topological polar surface area (TPSA) is 28.9 Å². The van der Waals surface area contributed by atoms with Gasteiger partial charge < -0.3 is 4.74 Å². The molecule has 0 atom stereocenters. The minimum atomic E-state index is 0.690. The van der Waals surface area contributed by atoms with Crippen molar-refractivity contribution in [2.45, 2.75) is 46.3 Å². The number of rotatable bonds is 7. The molecule has 0 aromatic carbocycles. The molecule has 0 aliphatic heterocycles. The van der Waals surface area contributed by atoms with E-state index >= 15 is 0 Å². The van der Waals surface area contributed by atoms with E-state index in [4.69, 9.17) is 4.74 Å². The van der Waals surface area contributed by atoms with Gasteiger partial charge in [-0.3, -0.25) is 0 Å². The molecule has 14 heavy (non-hydrogen) atoms. The van der Waals surface area contributed by atoms with Gasteiger partial charge in [0, 0.05) is 6.61 Å². The van der Waals surface area contributed by atoms with Crippen LogP contribution in [0.5, 0.6) is 0 Å². The van der Waals surface area contributed by atoms with E-state index in [1.807, 2.05) is 13.1 Å². The standard InChI is InChI=1S/C11H20N2O/c1-3-5-6-8-13-9-7-12-11(13)10-14-4-2/h7,9H,3-6,8,10H2,1-2H3/p+1. The Bertz CT molecular complexity index is 245. The molecule has 0 spiro atoms. The van der Waals surface area contributed by atoms with Gasteiger partial charge >= 0.3 is 0 Å². The van der Waals surface area contributed by atoms with E-state index in [-0.39, 0.29) is 0 Å². The number of aromatic nitrogens is 2. The van der Waals surface area contributed by atoms with Gasteiger partial charge in [-0.15, -0.1) is 0 Å². The number of imidazole rings is 1. The van der Waals surface area contributed by atoms with Crippen LogP contribution in [0.1, 0.15) is 38.9 Å². The number of aryl methyl sites for hydroxylation is 1. The van der Waals surface area contributed by atoms with Crippen molar-refractivity contribution < 1.29 is 9.30 Å². The molecule has 0 aliphatic carbocycles. The molecule has 0 bridgehead atoms. The third-order valence-electron chi connectivity index (χ3n) is 2.30. The largest absolute Gasteiger partial charge is 0.369 e. The van der Waals surface area contributed by atoms with E-state index in [1.165, 1.54) is 25.1 Å². The SMILES string of the molecule is CCCCC[n+]1cc[nH]c1COCC. The molecule has 1 rings (SSSR count). The number of nitrogens with zero attached hydrogens (tertiary/aromatic N) is 1. The average Bonchev–Trinajstić information content (AvgIpc) is 2.63. The second-order valence-electron chi connectivity index (χ2n) is 3.44. The lowest BCUT2D eigenvalue weighted by Gasteiger charge is -2.00. The van der Waals surface area contributed by atoms with Crippen LogP contribution in [-0.4, -0.2) is 11.6 Å². The second-order valence-corrected chi connectivity index (χ2v) is 3.44. The summed E-state index contributed by atoms with van der Waals surface area (Å²) in [4.78, 5) is 3.21. The van der Waals surface area contributed by atoms with E-state index in [2.05, 4.69) is 22.7 Å². The summed E-state index contributed by atoms with van der Waals surface area (Å²) in [6, 6.07) is 0. The maximum absolute atomic E-state index is 5.37. The highest BCUT2D eigenvalue weighted by molar-refractivity contribution is 4.73. The van der Waals surface area contributed by atoms with E-state index in [9.17, 15) is 0 Å². The van der Waals surface area contributed by atoms with Gasteiger partial charge in [0.2, 0.25) is 0 Å². The summed E-state index contributed by atoms with van der Waals surface area (Å²) in [5.41, 5.74) is 0. The van der Waals surface area contributed by atoms with Crippen molar-refractivity contribution in [2.75, 3.05) is 6.61 Å². The molecule has 0 radical (unpaired) electrons. The summed E-state index contributed by atoms with van der Waals surface area (Å²) in [7, 11) is 0. The van der Waals surface area contributed by atoms with Crippen LogP contribution >= 0.6 is 0 Å². The number of ether oxygens (including phenoxy) is 1. The molecular weight excluding hydrogens is 176 g/mol. The average molecular weight is 197 g/mol. The number of hydrogen-bond donors (Lipinski definition) is 1. The molecule has 3 nitrogen and oxygen atoms in total. The Morgan fingerprint density at radius 3 is 2.93 bits per heavy atom. The third kappa shape index (κ3) is 3.50. The summed E-state index contributed by atoms with van der Waals surface area (Å²) < 4.78 is 7.61. The fourth-order valence-electron chi connectivity index (χ4n) is 1.46. The van der Waals surface area contributed by atoms with Crippen LogP contribution in [0.15, 0.2) is 12.4 Å². The number of hydrogen-bond acceptors (Lipinski definition) is 1. The summed E-state index contributed by atoms with van der Waals surface area (Å²) in [6.45, 7) is 6.80. The molecule has 0 saturated heterocycles. The molecule has 1 heterocycles. The molecule has 80 valence electrons. The van der Waals surface area contributed by atoms with Crippen molar-refractivity contribution in [3.8, 4) is 0 Å². The fraction of sp³-hybridized carbons (Fsp3) is 0.727. The molecule has 0 aliphatic rings. The normalized spacial score (nSPS) is 10.7. The van der Waals surface area contributed by atoms with Crippen LogP contribution in [0.3, 0.4) is 0 Å². The van der Waals surface area contributed by atoms with Gasteiger partial charge in [-0.1, -0.05) is 13.3 Å². The highest BCUT2D eigenvalue weighted by Gasteiger charge is 2.08. The maximum atomic E-state index is 5.37. The smallest absolute Gasteiger partial charge is 0.280 e. The van der Waals surface area contributed by atoms with Crippen molar-refractivity contribution in [3.63, 3.8) is 0 Å². The predicted octanol–water partition coefficient (Wildman–Crippen LogP) is 2.03. The van der Waals surface area contributed by atoms with Gasteiger partial charge in [-0.2, -0.15) is 0 Å². The van der Waals surface area contributed by atoms with Crippen molar-refractivity contribution in [1.29, 1.82) is 0 Å². The molecule has 1 aromatic rings. The number of nitrogens with one attached hydrogen (secondary N) is 1. The Balaban J connectivity index is 2.37. The van der Waals surface area contributed by atoms with E-state index in [1.54, 1.807) is 0 Å². The van der Waals surface area contributed by atoms with E-state index < -0.39 is 0 Å². The number of H-pyrrole nitrogens is 1. The molecule has 1 aromatic heterocycles. The molecule has 0 saturated carbocycles. The lowest BCUT2D eigenvalue weighted by molar-refractivity contribution is -0.705. The lowest BCUT2D eigenvalue weighted by Crippen LogP contribution is -2.36. The van der Waals surface area contributed by atoms with Crippen LogP contribution < -0.4 is 4.57 Å². The first kappa shape index (κ1) is 11.2. The minimum absolute atomic E-state index is 0.690. The quantitative estimate of drug-likeness (QED) is 0.526. The van der Waals surface area contributed by atoms with Crippen LogP contribution in [-0.2, 0) is 17.9 Å². The van der Waals surface area contributed by atoms with Gasteiger partial charge in [0.05, 0.1) is 6.54 Å². The Labute approximate surface area is 86.1 Å². The Hall–Kier alpha value is -0.830. The third-order valence-corrected chi connectivity index (χ3v) is 2.30. The van der Waals surface area contributed by atoms with Crippen LogP contribution in [0.25, 0.3) is 0 Å². The molecule has 0 unspecified atom stereocenters. The Morgan fingerprint density at radius 2 is 2.21 bits per heavy atom. The van der Waals surface area contributed by atoms with Crippen LogP contribution in [0.4, 0.5) is 0 Å². The first-order valence-electron chi connectivity index (χ1n) is 5.52.